The summed E-state index contributed by atoms with van der Waals surface area (Å²) in [4.78, 5) is 0.123. The van der Waals surface area contributed by atoms with Crippen LogP contribution in [0.4, 0.5) is 0 Å². The van der Waals surface area contributed by atoms with Crippen LogP contribution in [0.25, 0.3) is 0 Å². The first kappa shape index (κ1) is 16.3. The van der Waals surface area contributed by atoms with Crippen LogP contribution in [-0.2, 0) is 16.6 Å². The standard InChI is InChI=1S/C14H19N3O4S/c1-11(10-17-8-4-7-15-17)16-22(18,19)12-5-6-13(20-2)14(9-12)21-3/h4-9,11,16H,10H2,1-3H3/t11-/m1/s1. The van der Waals surface area contributed by atoms with E-state index in [1.807, 2.05) is 0 Å². The highest BCUT2D eigenvalue weighted by molar-refractivity contribution is 7.89. The van der Waals surface area contributed by atoms with E-state index in [9.17, 15) is 8.42 Å². The Balaban J connectivity index is 2.15. The van der Waals surface area contributed by atoms with E-state index in [1.54, 1.807) is 36.1 Å². The molecule has 1 aromatic heterocycles. The van der Waals surface area contributed by atoms with E-state index in [0.29, 0.717) is 18.0 Å². The molecule has 120 valence electrons. The van der Waals surface area contributed by atoms with Crippen LogP contribution >= 0.6 is 0 Å². The summed E-state index contributed by atoms with van der Waals surface area (Å²) >= 11 is 0. The van der Waals surface area contributed by atoms with E-state index in [2.05, 4.69) is 9.82 Å². The summed E-state index contributed by atoms with van der Waals surface area (Å²) in [5.41, 5.74) is 0. The fraction of sp³-hybridized carbons (Fsp3) is 0.357. The zero-order chi connectivity index (χ0) is 16.2. The summed E-state index contributed by atoms with van der Waals surface area (Å²) in [6.07, 6.45) is 3.43. The molecular formula is C14H19N3O4S. The highest BCUT2D eigenvalue weighted by Gasteiger charge is 2.19. The van der Waals surface area contributed by atoms with Gasteiger partial charge >= 0.3 is 0 Å². The maximum atomic E-state index is 12.4. The van der Waals surface area contributed by atoms with Crippen LogP contribution in [0.1, 0.15) is 6.92 Å². The predicted molar refractivity (Wildman–Crippen MR) is 81.6 cm³/mol. The van der Waals surface area contributed by atoms with Gasteiger partial charge in [-0.1, -0.05) is 0 Å². The van der Waals surface area contributed by atoms with Crippen LogP contribution in [0.3, 0.4) is 0 Å². The molecule has 2 aromatic rings. The van der Waals surface area contributed by atoms with Crippen LogP contribution in [-0.4, -0.2) is 38.5 Å². The third-order valence-electron chi connectivity index (χ3n) is 3.04. The molecule has 0 radical (unpaired) electrons. The monoisotopic (exact) mass is 325 g/mol. The van der Waals surface area contributed by atoms with Crippen molar-refractivity contribution in [3.63, 3.8) is 0 Å². The number of benzene rings is 1. The van der Waals surface area contributed by atoms with Crippen molar-refractivity contribution in [2.24, 2.45) is 0 Å². The Morgan fingerprint density at radius 2 is 2.00 bits per heavy atom. The fourth-order valence-electron chi connectivity index (χ4n) is 2.04. The number of hydrogen-bond donors (Lipinski definition) is 1. The van der Waals surface area contributed by atoms with E-state index in [4.69, 9.17) is 9.47 Å². The molecule has 0 aliphatic rings. The fourth-order valence-corrected chi connectivity index (χ4v) is 3.29. The lowest BCUT2D eigenvalue weighted by Gasteiger charge is -2.15. The molecule has 8 heteroatoms. The Bertz CT molecular complexity index is 714. The van der Waals surface area contributed by atoms with Gasteiger partial charge in [-0.15, -0.1) is 0 Å². The smallest absolute Gasteiger partial charge is 0.241 e. The Hall–Kier alpha value is -2.06. The second-order valence-electron chi connectivity index (χ2n) is 4.77. The van der Waals surface area contributed by atoms with Crippen LogP contribution in [0.5, 0.6) is 11.5 Å². The van der Waals surface area contributed by atoms with Crippen molar-refractivity contribution in [1.29, 1.82) is 0 Å². The Labute approximate surface area is 129 Å². The van der Waals surface area contributed by atoms with Crippen molar-refractivity contribution in [2.75, 3.05) is 14.2 Å². The summed E-state index contributed by atoms with van der Waals surface area (Å²) in [5, 5.41) is 4.05. The number of hydrogen-bond acceptors (Lipinski definition) is 5. The zero-order valence-corrected chi connectivity index (χ0v) is 13.5. The van der Waals surface area contributed by atoms with Gasteiger partial charge in [0, 0.05) is 24.5 Å². The molecule has 0 unspecified atom stereocenters. The minimum atomic E-state index is -3.65. The van der Waals surface area contributed by atoms with Gasteiger partial charge in [-0.05, 0) is 25.1 Å². The number of ether oxygens (including phenoxy) is 2. The van der Waals surface area contributed by atoms with E-state index < -0.39 is 10.0 Å². The van der Waals surface area contributed by atoms with Crippen LogP contribution in [0, 0.1) is 0 Å². The van der Waals surface area contributed by atoms with Crippen molar-refractivity contribution in [3.8, 4) is 11.5 Å². The van der Waals surface area contributed by atoms with Gasteiger partial charge in [0.05, 0.1) is 25.7 Å². The molecule has 0 fully saturated rings. The lowest BCUT2D eigenvalue weighted by Crippen LogP contribution is -2.35. The van der Waals surface area contributed by atoms with Crippen molar-refractivity contribution < 1.29 is 17.9 Å². The minimum Gasteiger partial charge on any atom is -0.493 e. The van der Waals surface area contributed by atoms with Gasteiger partial charge < -0.3 is 9.47 Å². The maximum Gasteiger partial charge on any atom is 0.241 e. The zero-order valence-electron chi connectivity index (χ0n) is 12.7. The van der Waals surface area contributed by atoms with Gasteiger partial charge in [0.15, 0.2) is 11.5 Å². The van der Waals surface area contributed by atoms with Gasteiger partial charge in [-0.25, -0.2) is 13.1 Å². The Morgan fingerprint density at radius 3 is 2.59 bits per heavy atom. The largest absolute Gasteiger partial charge is 0.493 e. The van der Waals surface area contributed by atoms with Crippen LogP contribution < -0.4 is 14.2 Å². The molecular weight excluding hydrogens is 306 g/mol. The Morgan fingerprint density at radius 1 is 1.27 bits per heavy atom. The van der Waals surface area contributed by atoms with E-state index in [-0.39, 0.29) is 10.9 Å². The molecule has 1 aromatic carbocycles. The molecule has 0 aliphatic carbocycles. The molecule has 0 saturated carbocycles. The van der Waals surface area contributed by atoms with Gasteiger partial charge in [0.25, 0.3) is 0 Å². The lowest BCUT2D eigenvalue weighted by atomic mass is 10.3. The molecule has 1 N–H and O–H groups in total. The van der Waals surface area contributed by atoms with E-state index >= 15 is 0 Å². The maximum absolute atomic E-state index is 12.4. The number of methoxy groups -OCH3 is 2. The van der Waals surface area contributed by atoms with Gasteiger partial charge in [-0.2, -0.15) is 5.10 Å². The van der Waals surface area contributed by atoms with E-state index in [0.717, 1.165) is 0 Å². The minimum absolute atomic E-state index is 0.123. The van der Waals surface area contributed by atoms with Crippen molar-refractivity contribution >= 4 is 10.0 Å². The van der Waals surface area contributed by atoms with Gasteiger partial charge in [0.2, 0.25) is 10.0 Å². The first-order chi connectivity index (χ1) is 10.5. The average molecular weight is 325 g/mol. The second kappa shape index (κ2) is 6.80. The summed E-state index contributed by atoms with van der Waals surface area (Å²) in [5.74, 6) is 0.844. The van der Waals surface area contributed by atoms with E-state index in [1.165, 1.54) is 26.4 Å². The molecule has 1 heterocycles. The molecule has 7 nitrogen and oxygen atoms in total. The summed E-state index contributed by atoms with van der Waals surface area (Å²) in [6, 6.07) is 5.95. The van der Waals surface area contributed by atoms with Gasteiger partial charge in [-0.3, -0.25) is 4.68 Å². The number of nitrogens with zero attached hydrogens (tertiary/aromatic N) is 2. The number of aromatic nitrogens is 2. The van der Waals surface area contributed by atoms with Crippen molar-refractivity contribution in [3.05, 3.63) is 36.7 Å². The lowest BCUT2D eigenvalue weighted by molar-refractivity contribution is 0.354. The van der Waals surface area contributed by atoms with Crippen LogP contribution in [0.15, 0.2) is 41.6 Å². The normalized spacial score (nSPS) is 12.9. The topological polar surface area (TPSA) is 82.5 Å². The quantitative estimate of drug-likeness (QED) is 0.829. The van der Waals surface area contributed by atoms with Crippen molar-refractivity contribution in [1.82, 2.24) is 14.5 Å². The van der Waals surface area contributed by atoms with Crippen molar-refractivity contribution in [2.45, 2.75) is 24.4 Å². The average Bonchev–Trinajstić information content (AvgIpc) is 2.98. The molecule has 0 amide bonds. The summed E-state index contributed by atoms with van der Waals surface area (Å²) in [7, 11) is -0.690. The molecule has 2 rings (SSSR count). The molecule has 0 spiro atoms. The highest BCUT2D eigenvalue weighted by Crippen LogP contribution is 2.29. The third-order valence-corrected chi connectivity index (χ3v) is 4.63. The molecule has 0 aliphatic heterocycles. The Kier molecular flexibility index (Phi) is 5.04. The predicted octanol–water partition coefficient (Wildman–Crippen LogP) is 1.27. The second-order valence-corrected chi connectivity index (χ2v) is 6.48. The SMILES string of the molecule is COc1ccc(S(=O)(=O)N[C@H](C)Cn2cccn2)cc1OC. The molecule has 0 saturated heterocycles. The first-order valence-corrected chi connectivity index (χ1v) is 8.16. The molecule has 22 heavy (non-hydrogen) atoms. The molecule has 0 bridgehead atoms. The van der Waals surface area contributed by atoms with Gasteiger partial charge in [0.1, 0.15) is 0 Å². The summed E-state index contributed by atoms with van der Waals surface area (Å²) in [6.45, 7) is 2.22. The number of nitrogens with one attached hydrogen (secondary N) is 1. The third kappa shape index (κ3) is 3.77. The summed E-state index contributed by atoms with van der Waals surface area (Å²) < 4.78 is 39.3. The number of rotatable bonds is 7. The highest BCUT2D eigenvalue weighted by atomic mass is 32.2. The first-order valence-electron chi connectivity index (χ1n) is 6.68. The molecule has 1 atom stereocenters. The van der Waals surface area contributed by atoms with Crippen LogP contribution in [0.2, 0.25) is 0 Å². The number of sulfonamides is 1.